The smallest absolute Gasteiger partial charge is 0.265 e. The molecular weight excluding hydrogens is 561 g/mol. The fourth-order valence-corrected chi connectivity index (χ4v) is 5.98. The normalized spacial score (nSPS) is 16.6. The summed E-state index contributed by atoms with van der Waals surface area (Å²) < 4.78 is 47.0. The highest BCUT2D eigenvalue weighted by atomic mass is 127. The van der Waals surface area contributed by atoms with Crippen molar-refractivity contribution in [2.24, 2.45) is 5.92 Å². The number of rotatable bonds is 13. The fraction of sp³-hybridized carbons (Fsp3) is 0.857. The average molecular weight is 602 g/mol. The molecule has 1 aliphatic rings. The van der Waals surface area contributed by atoms with Crippen LogP contribution >= 0.6 is 22.6 Å². The lowest BCUT2D eigenvalue weighted by Crippen LogP contribution is -2.41. The van der Waals surface area contributed by atoms with Crippen LogP contribution < -0.4 is 4.74 Å². The van der Waals surface area contributed by atoms with Gasteiger partial charge in [-0.1, -0.05) is 27.7 Å². The monoisotopic (exact) mass is 601 g/mol. The minimum Gasteiger partial charge on any atom is -0.476 e. The molecule has 186 valence electrons. The summed E-state index contributed by atoms with van der Waals surface area (Å²) in [7, 11) is -5.83. The zero-order valence-corrected chi connectivity index (χ0v) is 24.5. The van der Waals surface area contributed by atoms with E-state index in [1.54, 1.807) is 0 Å². The van der Waals surface area contributed by atoms with Gasteiger partial charge in [-0.05, 0) is 66.4 Å². The SMILES string of the molecule is CCOc1nn(CCO[Si](C)(C)C(C)(C)C)c(CN(C[C@@H](C)CS(=O)(=O)O)C2CC2)c1I. The number of nitrogens with zero attached hydrogens (tertiary/aromatic N) is 3. The molecule has 2 rings (SSSR count). The van der Waals surface area contributed by atoms with Crippen molar-refractivity contribution >= 4 is 41.0 Å². The van der Waals surface area contributed by atoms with E-state index in [-0.39, 0.29) is 16.7 Å². The van der Waals surface area contributed by atoms with Gasteiger partial charge >= 0.3 is 0 Å². The van der Waals surface area contributed by atoms with Crippen molar-refractivity contribution in [2.75, 3.05) is 25.5 Å². The predicted molar refractivity (Wildman–Crippen MR) is 138 cm³/mol. The van der Waals surface area contributed by atoms with Gasteiger partial charge in [0.25, 0.3) is 10.1 Å². The number of aromatic nitrogens is 2. The maximum Gasteiger partial charge on any atom is 0.265 e. The van der Waals surface area contributed by atoms with E-state index in [1.807, 2.05) is 18.5 Å². The molecule has 0 unspecified atom stereocenters. The van der Waals surface area contributed by atoms with Crippen LogP contribution in [0.2, 0.25) is 18.1 Å². The van der Waals surface area contributed by atoms with Crippen LogP contribution in [-0.4, -0.2) is 67.5 Å². The van der Waals surface area contributed by atoms with Gasteiger partial charge in [-0.3, -0.25) is 14.1 Å². The Hall–Kier alpha value is -0.213. The van der Waals surface area contributed by atoms with E-state index in [9.17, 15) is 13.0 Å². The van der Waals surface area contributed by atoms with Crippen LogP contribution in [0.25, 0.3) is 0 Å². The molecule has 1 atom stereocenters. The molecule has 0 bridgehead atoms. The van der Waals surface area contributed by atoms with Gasteiger partial charge in [0.2, 0.25) is 5.88 Å². The van der Waals surface area contributed by atoms with Crippen LogP contribution in [-0.2, 0) is 27.6 Å². The number of hydrogen-bond donors (Lipinski definition) is 1. The molecule has 1 aromatic heterocycles. The van der Waals surface area contributed by atoms with Crippen LogP contribution in [0.4, 0.5) is 0 Å². The first kappa shape index (κ1) is 28.0. The Kier molecular flexibility index (Phi) is 9.65. The Morgan fingerprint density at radius 2 is 1.97 bits per heavy atom. The highest BCUT2D eigenvalue weighted by molar-refractivity contribution is 14.1. The van der Waals surface area contributed by atoms with Crippen molar-refractivity contribution in [3.63, 3.8) is 0 Å². The molecule has 1 aliphatic carbocycles. The summed E-state index contributed by atoms with van der Waals surface area (Å²) in [6, 6.07) is 0.442. The van der Waals surface area contributed by atoms with E-state index >= 15 is 0 Å². The van der Waals surface area contributed by atoms with Gasteiger partial charge in [0.1, 0.15) is 0 Å². The Morgan fingerprint density at radius 3 is 2.47 bits per heavy atom. The van der Waals surface area contributed by atoms with Crippen molar-refractivity contribution in [3.8, 4) is 5.88 Å². The second kappa shape index (κ2) is 11.0. The Balaban J connectivity index is 2.17. The van der Waals surface area contributed by atoms with E-state index in [0.717, 1.165) is 22.1 Å². The minimum atomic E-state index is -3.98. The molecule has 1 aromatic rings. The van der Waals surface area contributed by atoms with Crippen LogP contribution in [0.5, 0.6) is 5.88 Å². The summed E-state index contributed by atoms with van der Waals surface area (Å²) in [5, 5.41) is 4.86. The average Bonchev–Trinajstić information content (AvgIpc) is 3.41. The van der Waals surface area contributed by atoms with E-state index in [0.29, 0.717) is 44.8 Å². The molecule has 32 heavy (non-hydrogen) atoms. The van der Waals surface area contributed by atoms with Crippen LogP contribution in [0.15, 0.2) is 0 Å². The van der Waals surface area contributed by atoms with Crippen LogP contribution in [0.1, 0.15) is 53.2 Å². The quantitative estimate of drug-likeness (QED) is 0.204. The highest BCUT2D eigenvalue weighted by Crippen LogP contribution is 2.37. The number of hydrogen-bond acceptors (Lipinski definition) is 6. The van der Waals surface area contributed by atoms with Crippen LogP contribution in [0.3, 0.4) is 0 Å². The van der Waals surface area contributed by atoms with E-state index < -0.39 is 18.4 Å². The molecule has 11 heteroatoms. The van der Waals surface area contributed by atoms with Crippen molar-refractivity contribution in [3.05, 3.63) is 9.26 Å². The number of halogens is 1. The second-order valence-corrected chi connectivity index (χ2v) is 17.7. The molecular formula is C21H40IN3O5SSi. The molecule has 0 saturated heterocycles. The highest BCUT2D eigenvalue weighted by Gasteiger charge is 2.37. The van der Waals surface area contributed by atoms with Crippen molar-refractivity contribution in [1.29, 1.82) is 0 Å². The van der Waals surface area contributed by atoms with Crippen molar-refractivity contribution in [1.82, 2.24) is 14.7 Å². The first-order valence-corrected chi connectivity index (χ1v) is 17.0. The lowest BCUT2D eigenvalue weighted by Gasteiger charge is -2.36. The van der Waals surface area contributed by atoms with Gasteiger partial charge in [0, 0.05) is 19.1 Å². The van der Waals surface area contributed by atoms with Gasteiger partial charge < -0.3 is 9.16 Å². The molecule has 0 amide bonds. The van der Waals surface area contributed by atoms with Gasteiger partial charge in [-0.2, -0.15) is 8.42 Å². The zero-order valence-electron chi connectivity index (χ0n) is 20.5. The third-order valence-corrected chi connectivity index (χ3v) is 12.9. The van der Waals surface area contributed by atoms with Gasteiger partial charge in [-0.25, -0.2) is 0 Å². The lowest BCUT2D eigenvalue weighted by molar-refractivity contribution is 0.213. The Labute approximate surface area is 208 Å². The first-order chi connectivity index (χ1) is 14.6. The van der Waals surface area contributed by atoms with Crippen molar-refractivity contribution in [2.45, 2.75) is 84.7 Å². The first-order valence-electron chi connectivity index (χ1n) is 11.4. The largest absolute Gasteiger partial charge is 0.476 e. The van der Waals surface area contributed by atoms with Gasteiger partial charge in [-0.15, -0.1) is 5.10 Å². The van der Waals surface area contributed by atoms with E-state index in [1.165, 1.54) is 0 Å². The van der Waals surface area contributed by atoms with Gasteiger partial charge in [0.05, 0.1) is 34.8 Å². The van der Waals surface area contributed by atoms with Gasteiger partial charge in [0.15, 0.2) is 8.32 Å². The van der Waals surface area contributed by atoms with Crippen LogP contribution in [0, 0.1) is 9.49 Å². The molecule has 1 heterocycles. The van der Waals surface area contributed by atoms with Crippen molar-refractivity contribution < 1.29 is 22.1 Å². The summed E-state index contributed by atoms with van der Waals surface area (Å²) in [6.07, 6.45) is 2.21. The zero-order chi connectivity index (χ0) is 24.3. The lowest BCUT2D eigenvalue weighted by atomic mass is 10.2. The summed E-state index contributed by atoms with van der Waals surface area (Å²) in [4.78, 5) is 2.32. The predicted octanol–water partition coefficient (Wildman–Crippen LogP) is 4.40. The minimum absolute atomic E-state index is 0.150. The summed E-state index contributed by atoms with van der Waals surface area (Å²) >= 11 is 2.30. The molecule has 0 spiro atoms. The Morgan fingerprint density at radius 1 is 1.34 bits per heavy atom. The summed E-state index contributed by atoms with van der Waals surface area (Å²) in [5.74, 6) is 0.252. The molecule has 0 aliphatic heterocycles. The Bertz CT molecular complexity index is 866. The number of ether oxygens (including phenoxy) is 1. The third-order valence-electron chi connectivity index (χ3n) is 6.27. The second-order valence-electron chi connectivity index (χ2n) is 10.3. The molecule has 1 fully saturated rings. The molecule has 1 saturated carbocycles. The molecule has 0 radical (unpaired) electrons. The third kappa shape index (κ3) is 8.22. The molecule has 0 aromatic carbocycles. The standard InChI is InChI=1S/C21H40IN3O5SSi/c1-8-29-20-19(22)18(25(23-20)11-12-30-32(6,7)21(3,4)5)14-24(17-9-10-17)13-16(2)15-31(26,27)28/h16-17H,8-15H2,1-7H3,(H,26,27,28)/t16-/m1/s1. The maximum atomic E-state index is 11.3. The topological polar surface area (TPSA) is 93.9 Å². The summed E-state index contributed by atoms with van der Waals surface area (Å²) in [6.45, 7) is 18.1. The fourth-order valence-electron chi connectivity index (χ4n) is 3.41. The van der Waals surface area contributed by atoms with E-state index in [4.69, 9.17) is 14.3 Å². The summed E-state index contributed by atoms with van der Waals surface area (Å²) in [5.41, 5.74) is 1.07. The van der Waals surface area contributed by atoms with E-state index in [2.05, 4.69) is 61.4 Å². The maximum absolute atomic E-state index is 11.3. The molecule has 8 nitrogen and oxygen atoms in total. The molecule has 1 N–H and O–H groups in total.